The summed E-state index contributed by atoms with van der Waals surface area (Å²) in [6, 6.07) is 63.6. The predicted molar refractivity (Wildman–Crippen MR) is 226 cm³/mol. The molecule has 3 aromatic heterocycles. The molecule has 55 heavy (non-hydrogen) atoms. The first-order valence-electron chi connectivity index (χ1n) is 18.3. The monoisotopic (exact) mass is 699 g/mol. The SMILES string of the molecule is [C-]#[N+]c1ccc2c(c1)c1c(-n3c4ccccc4c4ccccc43)cccc1n2-c1cccc(-c2ccc(-n3c4ccccc4c4ccccc43)cc2C#N)c1. The molecule has 254 valence electrons. The van der Waals surface area contributed by atoms with Gasteiger partial charge in [0.05, 0.1) is 57.0 Å². The van der Waals surface area contributed by atoms with Gasteiger partial charge in [-0.15, -0.1) is 0 Å². The molecule has 11 aromatic rings. The summed E-state index contributed by atoms with van der Waals surface area (Å²) >= 11 is 0. The molecule has 8 aromatic carbocycles. The molecule has 0 saturated carbocycles. The Kier molecular flexibility index (Phi) is 6.61. The van der Waals surface area contributed by atoms with Gasteiger partial charge in [0, 0.05) is 38.3 Å². The van der Waals surface area contributed by atoms with Crippen molar-refractivity contribution >= 4 is 71.1 Å². The van der Waals surface area contributed by atoms with Crippen molar-refractivity contribution in [3.63, 3.8) is 0 Å². The van der Waals surface area contributed by atoms with Crippen LogP contribution in [-0.2, 0) is 0 Å². The standard InChI is InChI=1S/C50H29N5/c1-52-34-24-27-47-42(30-34)50-48(22-11-23-49(50)55-45-20-8-4-16-40(45)41-17-5-9-21-46(41)55)54(47)35-13-10-12-32(28-35)37-26-25-36(29-33(37)31-51)53-43-18-6-2-14-38(43)39-15-3-7-19-44(39)53/h2-30H. The highest BCUT2D eigenvalue weighted by molar-refractivity contribution is 6.17. The van der Waals surface area contributed by atoms with Gasteiger partial charge in [-0.3, -0.25) is 0 Å². The van der Waals surface area contributed by atoms with Crippen molar-refractivity contribution in [2.45, 2.75) is 0 Å². The maximum atomic E-state index is 10.6. The molecule has 0 radical (unpaired) electrons. The van der Waals surface area contributed by atoms with E-state index >= 15 is 0 Å². The summed E-state index contributed by atoms with van der Waals surface area (Å²) in [5, 5.41) is 17.5. The molecule has 0 amide bonds. The van der Waals surface area contributed by atoms with Crippen LogP contribution in [0.2, 0.25) is 0 Å². The number of nitriles is 1. The molecule has 5 heteroatoms. The van der Waals surface area contributed by atoms with Crippen LogP contribution in [0.1, 0.15) is 5.56 Å². The minimum Gasteiger partial charge on any atom is -0.309 e. The quantitative estimate of drug-likeness (QED) is 0.169. The lowest BCUT2D eigenvalue weighted by Gasteiger charge is -2.14. The highest BCUT2D eigenvalue weighted by atomic mass is 15.0. The largest absolute Gasteiger partial charge is 0.309 e. The van der Waals surface area contributed by atoms with Crippen LogP contribution in [0, 0.1) is 17.9 Å². The fraction of sp³-hybridized carbons (Fsp3) is 0. The fourth-order valence-electron chi connectivity index (χ4n) is 8.78. The second-order valence-electron chi connectivity index (χ2n) is 14.0. The van der Waals surface area contributed by atoms with Gasteiger partial charge in [0.15, 0.2) is 5.69 Å². The predicted octanol–water partition coefficient (Wildman–Crippen LogP) is 13.1. The van der Waals surface area contributed by atoms with Gasteiger partial charge >= 0.3 is 0 Å². The van der Waals surface area contributed by atoms with E-state index < -0.39 is 0 Å². The summed E-state index contributed by atoms with van der Waals surface area (Å²) in [5.41, 5.74) is 12.5. The zero-order valence-electron chi connectivity index (χ0n) is 29.5. The summed E-state index contributed by atoms with van der Waals surface area (Å²) in [6.45, 7) is 7.89. The van der Waals surface area contributed by atoms with Crippen molar-refractivity contribution < 1.29 is 0 Å². The van der Waals surface area contributed by atoms with Crippen molar-refractivity contribution in [1.29, 1.82) is 5.26 Å². The molecule has 0 spiro atoms. The van der Waals surface area contributed by atoms with E-state index in [2.05, 4.69) is 182 Å². The van der Waals surface area contributed by atoms with Gasteiger partial charge in [0.2, 0.25) is 0 Å². The highest BCUT2D eigenvalue weighted by Crippen LogP contribution is 2.42. The Morgan fingerprint density at radius 2 is 0.964 bits per heavy atom. The van der Waals surface area contributed by atoms with Crippen LogP contribution in [0.25, 0.3) is 98.5 Å². The maximum absolute atomic E-state index is 10.6. The molecular weight excluding hydrogens is 671 g/mol. The van der Waals surface area contributed by atoms with E-state index in [1.165, 1.54) is 21.5 Å². The number of fused-ring (bicyclic) bond motifs is 9. The van der Waals surface area contributed by atoms with Crippen LogP contribution in [0.15, 0.2) is 176 Å². The smallest absolute Gasteiger partial charge is 0.188 e. The summed E-state index contributed by atoms with van der Waals surface area (Å²) in [6.07, 6.45) is 0. The summed E-state index contributed by atoms with van der Waals surface area (Å²) in [4.78, 5) is 3.84. The number of para-hydroxylation sites is 4. The van der Waals surface area contributed by atoms with Gasteiger partial charge in [-0.1, -0.05) is 103 Å². The second kappa shape index (κ2) is 11.8. The third-order valence-corrected chi connectivity index (χ3v) is 11.1. The minimum atomic E-state index is 0.597. The van der Waals surface area contributed by atoms with E-state index in [4.69, 9.17) is 6.57 Å². The zero-order chi connectivity index (χ0) is 36.6. The summed E-state index contributed by atoms with van der Waals surface area (Å²) < 4.78 is 6.89. The number of rotatable bonds is 4. The molecule has 0 saturated heterocycles. The molecule has 0 fully saturated rings. The number of nitrogens with zero attached hydrogens (tertiary/aromatic N) is 5. The molecule has 0 aliphatic heterocycles. The van der Waals surface area contributed by atoms with Crippen molar-refractivity contribution in [2.75, 3.05) is 0 Å². The topological polar surface area (TPSA) is 42.9 Å². The molecule has 0 N–H and O–H groups in total. The van der Waals surface area contributed by atoms with E-state index in [0.29, 0.717) is 11.3 Å². The van der Waals surface area contributed by atoms with Gasteiger partial charge in [-0.05, 0) is 89.3 Å². The Hall–Kier alpha value is -7.86. The van der Waals surface area contributed by atoms with E-state index in [1.54, 1.807) is 0 Å². The average molecular weight is 700 g/mol. The lowest BCUT2D eigenvalue weighted by atomic mass is 9.99. The zero-order valence-corrected chi connectivity index (χ0v) is 29.5. The van der Waals surface area contributed by atoms with Crippen LogP contribution in [0.5, 0.6) is 0 Å². The van der Waals surface area contributed by atoms with Crippen molar-refractivity contribution in [3.05, 3.63) is 193 Å². The molecule has 5 nitrogen and oxygen atoms in total. The van der Waals surface area contributed by atoms with Crippen LogP contribution >= 0.6 is 0 Å². The van der Waals surface area contributed by atoms with Gasteiger partial charge < -0.3 is 13.7 Å². The lowest BCUT2D eigenvalue weighted by Crippen LogP contribution is -1.98. The molecule has 0 aliphatic carbocycles. The third kappa shape index (κ3) is 4.45. The Labute approximate surface area is 316 Å². The first-order chi connectivity index (χ1) is 27.2. The Morgan fingerprint density at radius 3 is 1.58 bits per heavy atom. The van der Waals surface area contributed by atoms with Crippen molar-refractivity contribution in [3.8, 4) is 34.3 Å². The second-order valence-corrected chi connectivity index (χ2v) is 14.0. The lowest BCUT2D eigenvalue weighted by molar-refractivity contribution is 1.17. The normalized spacial score (nSPS) is 11.6. The summed E-state index contributed by atoms with van der Waals surface area (Å²) in [7, 11) is 0. The molecule has 0 atom stereocenters. The minimum absolute atomic E-state index is 0.597. The number of benzene rings is 8. The first kappa shape index (κ1) is 30.7. The summed E-state index contributed by atoms with van der Waals surface area (Å²) in [5.74, 6) is 0. The first-order valence-corrected chi connectivity index (χ1v) is 18.3. The van der Waals surface area contributed by atoms with Gasteiger partial charge in [0.1, 0.15) is 0 Å². The molecule has 0 aliphatic rings. The Morgan fingerprint density at radius 1 is 0.436 bits per heavy atom. The Balaban J connectivity index is 1.12. The van der Waals surface area contributed by atoms with E-state index in [-0.39, 0.29) is 0 Å². The van der Waals surface area contributed by atoms with Gasteiger partial charge in [-0.2, -0.15) is 5.26 Å². The van der Waals surface area contributed by atoms with Gasteiger partial charge in [0.25, 0.3) is 0 Å². The fourth-order valence-corrected chi connectivity index (χ4v) is 8.78. The van der Waals surface area contributed by atoms with Crippen molar-refractivity contribution in [2.24, 2.45) is 0 Å². The molecule has 0 unspecified atom stereocenters. The Bertz CT molecular complexity index is 3360. The molecule has 11 rings (SSSR count). The third-order valence-electron chi connectivity index (χ3n) is 11.1. The van der Waals surface area contributed by atoms with Gasteiger partial charge in [-0.25, -0.2) is 4.85 Å². The molecule has 0 bridgehead atoms. The molecular formula is C50H29N5. The number of aromatic nitrogens is 3. The number of hydrogen-bond donors (Lipinski definition) is 0. The van der Waals surface area contributed by atoms with Crippen LogP contribution in [-0.4, -0.2) is 13.7 Å². The highest BCUT2D eigenvalue weighted by Gasteiger charge is 2.21. The average Bonchev–Trinajstić information content (AvgIpc) is 3.89. The van der Waals surface area contributed by atoms with Crippen LogP contribution in [0.4, 0.5) is 5.69 Å². The maximum Gasteiger partial charge on any atom is 0.188 e. The number of hydrogen-bond acceptors (Lipinski definition) is 1. The van der Waals surface area contributed by atoms with Crippen LogP contribution in [0.3, 0.4) is 0 Å². The van der Waals surface area contributed by atoms with E-state index in [9.17, 15) is 5.26 Å². The van der Waals surface area contributed by atoms with E-state index in [1.807, 2.05) is 18.2 Å². The molecule has 3 heterocycles. The van der Waals surface area contributed by atoms with Crippen LogP contribution < -0.4 is 0 Å². The van der Waals surface area contributed by atoms with E-state index in [0.717, 1.165) is 72.1 Å². The van der Waals surface area contributed by atoms with Crippen molar-refractivity contribution in [1.82, 2.24) is 13.7 Å².